The second kappa shape index (κ2) is 6.40. The number of aliphatic hydroxyl groups is 3. The Kier molecular flexibility index (Phi) is 4.79. The van der Waals surface area contributed by atoms with Crippen LogP contribution < -0.4 is 5.32 Å². The van der Waals surface area contributed by atoms with E-state index in [0.29, 0.717) is 0 Å². The van der Waals surface area contributed by atoms with Gasteiger partial charge in [-0.1, -0.05) is 0 Å². The van der Waals surface area contributed by atoms with Gasteiger partial charge in [0.25, 0.3) is 0 Å². The molecule has 0 amide bonds. The Bertz CT molecular complexity index is 491. The van der Waals surface area contributed by atoms with Crippen molar-refractivity contribution in [3.05, 3.63) is 29.8 Å². The molecule has 1 aromatic rings. The molecular weight excluding hydrogens is 278 g/mol. The van der Waals surface area contributed by atoms with Crippen molar-refractivity contribution >= 4 is 11.7 Å². The van der Waals surface area contributed by atoms with E-state index in [2.05, 4.69) is 5.32 Å². The van der Waals surface area contributed by atoms with Gasteiger partial charge < -0.3 is 30.1 Å². The predicted molar refractivity (Wildman–Crippen MR) is 73.8 cm³/mol. The lowest BCUT2D eigenvalue weighted by Crippen LogP contribution is -2.57. The number of aliphatic hydroxyl groups excluding tert-OH is 3. The van der Waals surface area contributed by atoms with Crippen LogP contribution in [0.3, 0.4) is 0 Å². The summed E-state index contributed by atoms with van der Waals surface area (Å²) in [4.78, 5) is 12.0. The Labute approximate surface area is 122 Å². The molecule has 116 valence electrons. The van der Waals surface area contributed by atoms with E-state index >= 15 is 0 Å². The highest BCUT2D eigenvalue weighted by Gasteiger charge is 2.43. The zero-order chi connectivity index (χ0) is 15.6. The minimum Gasteiger partial charge on any atom is -0.429 e. The molecule has 0 spiro atoms. The van der Waals surface area contributed by atoms with Gasteiger partial charge in [0.15, 0.2) is 0 Å². The third-order valence-corrected chi connectivity index (χ3v) is 3.44. The molecule has 4 N–H and O–H groups in total. The molecule has 0 aromatic heterocycles. The molecule has 0 bridgehead atoms. The van der Waals surface area contributed by atoms with E-state index in [1.54, 1.807) is 31.3 Å². The van der Waals surface area contributed by atoms with Gasteiger partial charge in [-0.15, -0.1) is 0 Å². The normalized spacial score (nSPS) is 32.5. The Morgan fingerprint density at radius 2 is 1.76 bits per heavy atom. The van der Waals surface area contributed by atoms with Gasteiger partial charge in [-0.2, -0.15) is 0 Å². The zero-order valence-corrected chi connectivity index (χ0v) is 11.8. The monoisotopic (exact) mass is 297 g/mol. The molecule has 0 radical (unpaired) electrons. The van der Waals surface area contributed by atoms with Crippen LogP contribution in [0.4, 0.5) is 5.69 Å². The van der Waals surface area contributed by atoms with E-state index in [-0.39, 0.29) is 5.56 Å². The quantitative estimate of drug-likeness (QED) is 0.568. The number of nitrogens with one attached hydrogen (secondary N) is 1. The molecule has 1 saturated heterocycles. The smallest absolute Gasteiger partial charge is 0.340 e. The zero-order valence-electron chi connectivity index (χ0n) is 11.8. The number of benzene rings is 1. The van der Waals surface area contributed by atoms with Crippen molar-refractivity contribution in [1.82, 2.24) is 0 Å². The van der Waals surface area contributed by atoms with Gasteiger partial charge in [0.1, 0.15) is 18.3 Å². The van der Waals surface area contributed by atoms with Crippen LogP contribution in [0.2, 0.25) is 0 Å². The number of ether oxygens (including phenoxy) is 2. The largest absolute Gasteiger partial charge is 0.429 e. The Morgan fingerprint density at radius 3 is 2.33 bits per heavy atom. The van der Waals surface area contributed by atoms with Crippen LogP contribution in [-0.2, 0) is 9.47 Å². The highest BCUT2D eigenvalue weighted by Crippen LogP contribution is 2.22. The molecule has 21 heavy (non-hydrogen) atoms. The lowest BCUT2D eigenvalue weighted by molar-refractivity contribution is -0.276. The van der Waals surface area contributed by atoms with Gasteiger partial charge in [0.05, 0.1) is 11.7 Å². The van der Waals surface area contributed by atoms with Crippen LogP contribution in [0, 0.1) is 0 Å². The van der Waals surface area contributed by atoms with Crippen molar-refractivity contribution in [3.8, 4) is 0 Å². The first-order valence-electron chi connectivity index (χ1n) is 6.62. The molecule has 1 heterocycles. The van der Waals surface area contributed by atoms with Crippen LogP contribution in [0.1, 0.15) is 17.3 Å². The SMILES string of the molecule is CNc1ccc(C(=O)OC2OC(C)C(O)C(O)C2O)cc1. The van der Waals surface area contributed by atoms with Crippen LogP contribution in [0.15, 0.2) is 24.3 Å². The minimum absolute atomic E-state index is 0.290. The van der Waals surface area contributed by atoms with E-state index in [1.165, 1.54) is 6.92 Å². The molecule has 1 aliphatic rings. The van der Waals surface area contributed by atoms with E-state index in [0.717, 1.165) is 5.69 Å². The van der Waals surface area contributed by atoms with E-state index in [4.69, 9.17) is 9.47 Å². The summed E-state index contributed by atoms with van der Waals surface area (Å²) >= 11 is 0. The summed E-state index contributed by atoms with van der Waals surface area (Å²) in [6.07, 6.45) is -6.25. The van der Waals surface area contributed by atoms with Gasteiger partial charge in [0, 0.05) is 12.7 Å². The molecule has 1 aromatic carbocycles. The van der Waals surface area contributed by atoms with Gasteiger partial charge in [0.2, 0.25) is 6.29 Å². The standard InChI is InChI=1S/C14H19NO6/c1-7-10(16)11(17)12(18)14(20-7)21-13(19)8-3-5-9(15-2)6-4-8/h3-7,10-12,14-18H,1-2H3. The fraction of sp³-hybridized carbons (Fsp3) is 0.500. The highest BCUT2D eigenvalue weighted by molar-refractivity contribution is 5.89. The first-order chi connectivity index (χ1) is 9.93. The van der Waals surface area contributed by atoms with Gasteiger partial charge in [-0.05, 0) is 31.2 Å². The van der Waals surface area contributed by atoms with E-state index < -0.39 is 36.7 Å². The average molecular weight is 297 g/mol. The second-order valence-electron chi connectivity index (χ2n) is 4.91. The van der Waals surface area contributed by atoms with Crippen molar-refractivity contribution in [3.63, 3.8) is 0 Å². The summed E-state index contributed by atoms with van der Waals surface area (Å²) in [5.74, 6) is -0.683. The highest BCUT2D eigenvalue weighted by atomic mass is 16.7. The lowest BCUT2D eigenvalue weighted by atomic mass is 10.00. The fourth-order valence-corrected chi connectivity index (χ4v) is 2.06. The summed E-state index contributed by atoms with van der Waals surface area (Å²) in [6.45, 7) is 1.52. The first-order valence-corrected chi connectivity index (χ1v) is 6.62. The summed E-state index contributed by atoms with van der Waals surface area (Å²) in [6, 6.07) is 6.54. The second-order valence-corrected chi connectivity index (χ2v) is 4.91. The molecule has 0 saturated carbocycles. The van der Waals surface area contributed by atoms with E-state index in [1.807, 2.05) is 0 Å². The van der Waals surface area contributed by atoms with Crippen LogP contribution in [-0.4, -0.2) is 59.0 Å². The van der Waals surface area contributed by atoms with Crippen molar-refractivity contribution in [2.45, 2.75) is 37.6 Å². The van der Waals surface area contributed by atoms with Crippen molar-refractivity contribution in [2.24, 2.45) is 0 Å². The average Bonchev–Trinajstić information content (AvgIpc) is 2.50. The number of anilines is 1. The summed E-state index contributed by atoms with van der Waals surface area (Å²) < 4.78 is 10.3. The topological polar surface area (TPSA) is 108 Å². The summed E-state index contributed by atoms with van der Waals surface area (Å²) in [5, 5.41) is 31.9. The maximum atomic E-state index is 12.0. The van der Waals surface area contributed by atoms with Crippen LogP contribution in [0.5, 0.6) is 0 Å². The molecular formula is C14H19NO6. The summed E-state index contributed by atoms with van der Waals surface area (Å²) in [7, 11) is 1.76. The van der Waals surface area contributed by atoms with Gasteiger partial charge in [-0.3, -0.25) is 0 Å². The Hall–Kier alpha value is -1.67. The van der Waals surface area contributed by atoms with Crippen LogP contribution >= 0.6 is 0 Å². The maximum absolute atomic E-state index is 12.0. The van der Waals surface area contributed by atoms with Gasteiger partial charge >= 0.3 is 5.97 Å². The van der Waals surface area contributed by atoms with Crippen molar-refractivity contribution < 1.29 is 29.6 Å². The summed E-state index contributed by atoms with van der Waals surface area (Å²) in [5.41, 5.74) is 1.13. The van der Waals surface area contributed by atoms with Crippen molar-refractivity contribution in [1.29, 1.82) is 0 Å². The first kappa shape index (κ1) is 15.7. The third kappa shape index (κ3) is 3.33. The maximum Gasteiger partial charge on any atom is 0.340 e. The molecule has 5 unspecified atom stereocenters. The van der Waals surface area contributed by atoms with Crippen molar-refractivity contribution in [2.75, 3.05) is 12.4 Å². The Morgan fingerprint density at radius 1 is 1.14 bits per heavy atom. The molecule has 7 heteroatoms. The molecule has 0 aliphatic carbocycles. The molecule has 7 nitrogen and oxygen atoms in total. The molecule has 2 rings (SSSR count). The van der Waals surface area contributed by atoms with Gasteiger partial charge in [-0.25, -0.2) is 4.79 Å². The molecule has 5 atom stereocenters. The third-order valence-electron chi connectivity index (χ3n) is 3.44. The number of esters is 1. The predicted octanol–water partition coefficient (Wildman–Crippen LogP) is -0.287. The molecule has 1 aliphatic heterocycles. The molecule has 1 fully saturated rings. The Balaban J connectivity index is 2.04. The number of hydrogen-bond donors (Lipinski definition) is 4. The minimum atomic E-state index is -1.50. The number of rotatable bonds is 3. The number of carbonyl (C=O) groups excluding carboxylic acids is 1. The van der Waals surface area contributed by atoms with E-state index in [9.17, 15) is 20.1 Å². The van der Waals surface area contributed by atoms with Crippen LogP contribution in [0.25, 0.3) is 0 Å². The number of hydrogen-bond acceptors (Lipinski definition) is 7. The lowest BCUT2D eigenvalue weighted by Gasteiger charge is -2.38. The number of carbonyl (C=O) groups is 1. The fourth-order valence-electron chi connectivity index (χ4n) is 2.06.